The lowest BCUT2D eigenvalue weighted by molar-refractivity contribution is -0.180. The third kappa shape index (κ3) is 3.95. The number of nitrogens with one attached hydrogen (secondary N) is 1. The summed E-state index contributed by atoms with van der Waals surface area (Å²) >= 11 is 0. The highest BCUT2D eigenvalue weighted by Crippen LogP contribution is 2.74. The molecule has 3 fully saturated rings. The van der Waals surface area contributed by atoms with Gasteiger partial charge < -0.3 is 10.7 Å². The average Bonchev–Trinajstić information content (AvgIpc) is 2.90. The van der Waals surface area contributed by atoms with Crippen molar-refractivity contribution in [2.45, 2.75) is 92.7 Å². The Morgan fingerprint density at radius 3 is 2.33 bits per heavy atom. The predicted molar refractivity (Wildman–Crippen MR) is 152 cm³/mol. The number of carbonyl (C=O) groups is 3. The Balaban J connectivity index is 1.66. The first kappa shape index (κ1) is 30.7. The Morgan fingerprint density at radius 1 is 1.10 bits per heavy atom. The van der Waals surface area contributed by atoms with Crippen LogP contribution >= 0.6 is 0 Å². The van der Waals surface area contributed by atoms with E-state index in [-0.39, 0.29) is 22.7 Å². The Morgan fingerprint density at radius 2 is 1.74 bits per heavy atom. The predicted octanol–water partition coefficient (Wildman–Crippen LogP) is 6.50. The molecule has 3 saturated carbocycles. The van der Waals surface area contributed by atoms with E-state index in [4.69, 9.17) is 0 Å². The maximum absolute atomic E-state index is 14.4. The quantitative estimate of drug-likeness (QED) is 0.382. The molecule has 0 aliphatic heterocycles. The largest absolute Gasteiger partial charge is 0.813 e. The van der Waals surface area contributed by atoms with Crippen molar-refractivity contribution >= 4 is 23.7 Å². The number of rotatable bonds is 3. The zero-order valence-corrected chi connectivity index (χ0v) is 25.4. The fourth-order valence-electron chi connectivity index (χ4n) is 10.3. The monoisotopic (exact) mass is 584 g/mol. The lowest BCUT2D eigenvalue weighted by atomic mass is 9.34. The molecular formula is C33H41F3N3O3-. The standard InChI is InChI=1S/C33H41F3N3O3/c1-27(2)9-11-32(26(42)39-18-33(34,35)36)12-10-31(6)24(20(32)15-27)21(40)13-23-28(3)14-19(16-37)25(41)29(4,17-38)22(28)7-8-30(23,31)5/h13-14,17,20,22,24H,7-12,15,18H2,1-6H3,(H,39,42)/q-1/t20-,22?,24-,28-,29-,30+,31+,32-/m0/s1. The smallest absolute Gasteiger partial charge is 0.405 e. The van der Waals surface area contributed by atoms with Gasteiger partial charge in [0.1, 0.15) is 12.6 Å². The molecule has 6 nitrogen and oxygen atoms in total. The van der Waals surface area contributed by atoms with Crippen LogP contribution in [0.1, 0.15) is 86.5 Å². The van der Waals surface area contributed by atoms with Gasteiger partial charge in [-0.3, -0.25) is 14.4 Å². The van der Waals surface area contributed by atoms with E-state index in [0.29, 0.717) is 44.9 Å². The molecule has 1 N–H and O–H groups in total. The van der Waals surface area contributed by atoms with Crippen molar-refractivity contribution in [3.63, 3.8) is 0 Å². The molecule has 0 aromatic rings. The number of halogens is 3. The molecule has 5 aliphatic rings. The lowest BCUT2D eigenvalue weighted by Gasteiger charge is -2.69. The van der Waals surface area contributed by atoms with Crippen molar-refractivity contribution in [2.75, 3.05) is 6.54 Å². The third-order valence-electron chi connectivity index (χ3n) is 12.8. The van der Waals surface area contributed by atoms with Gasteiger partial charge in [-0.1, -0.05) is 53.2 Å². The summed E-state index contributed by atoms with van der Waals surface area (Å²) in [7, 11) is 0. The third-order valence-corrected chi connectivity index (χ3v) is 12.8. The summed E-state index contributed by atoms with van der Waals surface area (Å²) in [5.74, 6) is -2.52. The van der Waals surface area contributed by atoms with Gasteiger partial charge in [0.25, 0.3) is 0 Å². The molecule has 5 aliphatic carbocycles. The van der Waals surface area contributed by atoms with Gasteiger partial charge in [-0.05, 0) is 79.1 Å². The van der Waals surface area contributed by atoms with Crippen LogP contribution in [-0.2, 0) is 14.4 Å². The van der Waals surface area contributed by atoms with E-state index in [1.54, 1.807) is 19.1 Å². The van der Waals surface area contributed by atoms with Crippen LogP contribution in [0.4, 0.5) is 13.2 Å². The topological polar surface area (TPSA) is 109 Å². The first-order chi connectivity index (χ1) is 19.2. The molecule has 0 spiro atoms. The van der Waals surface area contributed by atoms with Crippen LogP contribution in [0.5, 0.6) is 0 Å². The molecule has 0 saturated heterocycles. The molecule has 1 unspecified atom stereocenters. The number of fused-ring (bicyclic) bond motifs is 7. The zero-order valence-electron chi connectivity index (χ0n) is 25.4. The Hall–Kier alpha value is -2.76. The maximum Gasteiger partial charge on any atom is 0.405 e. The van der Waals surface area contributed by atoms with Crippen molar-refractivity contribution < 1.29 is 27.6 Å². The number of amides is 1. The van der Waals surface area contributed by atoms with Crippen LogP contribution in [0.2, 0.25) is 0 Å². The van der Waals surface area contributed by atoms with E-state index in [1.807, 2.05) is 13.0 Å². The highest BCUT2D eigenvalue weighted by Gasteiger charge is 2.70. The molecule has 0 aromatic carbocycles. The summed E-state index contributed by atoms with van der Waals surface area (Å²) in [4.78, 5) is 41.4. The maximum atomic E-state index is 14.4. The van der Waals surface area contributed by atoms with Crippen LogP contribution in [0.3, 0.4) is 0 Å². The van der Waals surface area contributed by atoms with Crippen LogP contribution in [-0.4, -0.2) is 36.4 Å². The lowest BCUT2D eigenvalue weighted by Crippen LogP contribution is -2.67. The molecule has 0 heterocycles. The molecule has 8 atom stereocenters. The van der Waals surface area contributed by atoms with Gasteiger partial charge >= 0.3 is 6.18 Å². The van der Waals surface area contributed by atoms with E-state index in [1.165, 1.54) is 0 Å². The van der Waals surface area contributed by atoms with Crippen molar-refractivity contribution in [3.8, 4) is 6.07 Å². The fourth-order valence-corrected chi connectivity index (χ4v) is 10.3. The number of hydrogen-bond donors (Lipinski definition) is 1. The second kappa shape index (κ2) is 9.12. The Bertz CT molecular complexity index is 1370. The van der Waals surface area contributed by atoms with Gasteiger partial charge in [0, 0.05) is 16.7 Å². The van der Waals surface area contributed by atoms with Gasteiger partial charge in [0.05, 0.1) is 11.0 Å². The van der Waals surface area contributed by atoms with E-state index in [9.17, 15) is 38.2 Å². The van der Waals surface area contributed by atoms with Gasteiger partial charge in [-0.25, -0.2) is 6.21 Å². The molecule has 0 aromatic heterocycles. The fraction of sp³-hybridized carbons (Fsp3) is 0.727. The number of nitrogens with zero attached hydrogens (tertiary/aromatic N) is 2. The van der Waals surface area contributed by atoms with Crippen molar-refractivity contribution in [2.24, 2.45) is 50.2 Å². The SMILES string of the molecule is CC1(C)CC[C@]2(C(=O)NCC(F)(F)F)CC[C@]3(C)[C@H](C(=O)C=C4[C@@]5(C)C=C(C#N)C(=O)[C@@](C)(C=[N-])C5CC[C@]43C)[C@@H]2C1. The first-order valence-electron chi connectivity index (χ1n) is 15.0. The van der Waals surface area contributed by atoms with E-state index in [2.05, 4.69) is 33.0 Å². The minimum atomic E-state index is -4.53. The van der Waals surface area contributed by atoms with Gasteiger partial charge in [0.15, 0.2) is 11.6 Å². The molecule has 9 heteroatoms. The average molecular weight is 585 g/mol. The summed E-state index contributed by atoms with van der Waals surface area (Å²) in [6, 6.07) is 2.02. The van der Waals surface area contributed by atoms with E-state index >= 15 is 0 Å². The van der Waals surface area contributed by atoms with Crippen LogP contribution in [0, 0.1) is 61.6 Å². The number of allylic oxidation sites excluding steroid dienone is 4. The zero-order chi connectivity index (χ0) is 31.3. The molecule has 1 amide bonds. The Kier molecular flexibility index (Phi) is 6.67. The van der Waals surface area contributed by atoms with Crippen molar-refractivity contribution in [3.05, 3.63) is 28.7 Å². The van der Waals surface area contributed by atoms with E-state index in [0.717, 1.165) is 11.8 Å². The second-order valence-electron chi connectivity index (χ2n) is 15.4. The molecular weight excluding hydrogens is 543 g/mol. The van der Waals surface area contributed by atoms with Crippen LogP contribution in [0.15, 0.2) is 23.3 Å². The van der Waals surface area contributed by atoms with E-state index < -0.39 is 63.3 Å². The molecule has 0 bridgehead atoms. The van der Waals surface area contributed by atoms with Gasteiger partial charge in [0.2, 0.25) is 5.91 Å². The number of Topliss-reactive ketones (excluding diaryl/α,β-unsaturated/α-hetero) is 1. The minimum Gasteiger partial charge on any atom is -0.813 e. The van der Waals surface area contributed by atoms with Crippen molar-refractivity contribution in [1.82, 2.24) is 5.32 Å². The van der Waals surface area contributed by atoms with Gasteiger partial charge in [-0.15, -0.1) is 0 Å². The number of carbonyl (C=O) groups excluding carboxylic acids is 3. The van der Waals surface area contributed by atoms with Gasteiger partial charge in [-0.2, -0.15) is 18.4 Å². The normalized spacial score (nSPS) is 44.2. The number of ketones is 2. The summed E-state index contributed by atoms with van der Waals surface area (Å²) in [6.45, 7) is 10.6. The number of alkyl halides is 3. The number of nitriles is 1. The summed E-state index contributed by atoms with van der Waals surface area (Å²) < 4.78 is 39.4. The second-order valence-corrected chi connectivity index (χ2v) is 15.4. The van der Waals surface area contributed by atoms with Crippen molar-refractivity contribution in [1.29, 1.82) is 5.26 Å². The minimum absolute atomic E-state index is 0.0375. The summed E-state index contributed by atoms with van der Waals surface area (Å²) in [5, 5.41) is 22.4. The summed E-state index contributed by atoms with van der Waals surface area (Å²) in [6.07, 6.45) is 3.49. The molecule has 0 radical (unpaired) electrons. The first-order valence-corrected chi connectivity index (χ1v) is 15.0. The molecule has 42 heavy (non-hydrogen) atoms. The number of hydrogen-bond acceptors (Lipinski definition) is 4. The molecule has 5 rings (SSSR count). The van der Waals surface area contributed by atoms with Crippen LogP contribution < -0.4 is 5.32 Å². The highest BCUT2D eigenvalue weighted by molar-refractivity contribution is 6.13. The summed E-state index contributed by atoms with van der Waals surface area (Å²) in [5.41, 5.74) is -3.72. The Labute approximate surface area is 246 Å². The highest BCUT2D eigenvalue weighted by atomic mass is 19.4. The molecule has 228 valence electrons. The van der Waals surface area contributed by atoms with Crippen LogP contribution in [0.25, 0.3) is 5.41 Å².